The molecule has 1 saturated carbocycles. The molecule has 1 aliphatic heterocycles. The van der Waals surface area contributed by atoms with Crippen molar-refractivity contribution < 1.29 is 9.53 Å². The van der Waals surface area contributed by atoms with Gasteiger partial charge in [-0.2, -0.15) is 0 Å². The Hall–Kier alpha value is -0.260. The third-order valence-electron chi connectivity index (χ3n) is 4.29. The van der Waals surface area contributed by atoms with Gasteiger partial charge in [-0.3, -0.25) is 4.79 Å². The van der Waals surface area contributed by atoms with E-state index in [-0.39, 0.29) is 5.91 Å². The highest BCUT2D eigenvalue weighted by molar-refractivity contribution is 8.00. The fourth-order valence-electron chi connectivity index (χ4n) is 2.99. The Balaban J connectivity index is 1.41. The van der Waals surface area contributed by atoms with Gasteiger partial charge in [0.1, 0.15) is 0 Å². The van der Waals surface area contributed by atoms with Gasteiger partial charge in [-0.05, 0) is 45.2 Å². The molecule has 2 fully saturated rings. The fraction of sp³-hybridized carbons (Fsp3) is 0.938. The predicted molar refractivity (Wildman–Crippen MR) is 88.8 cm³/mol. The average molecular weight is 314 g/mol. The third-order valence-corrected chi connectivity index (χ3v) is 5.66. The first-order valence-electron chi connectivity index (χ1n) is 8.55. The van der Waals surface area contributed by atoms with Crippen molar-refractivity contribution in [3.8, 4) is 0 Å². The van der Waals surface area contributed by atoms with Crippen LogP contribution in [0.2, 0.25) is 0 Å². The van der Waals surface area contributed by atoms with Gasteiger partial charge < -0.3 is 15.4 Å². The minimum Gasteiger partial charge on any atom is -0.378 e. The zero-order valence-corrected chi connectivity index (χ0v) is 13.9. The van der Waals surface area contributed by atoms with Crippen LogP contribution in [0.4, 0.5) is 0 Å². The summed E-state index contributed by atoms with van der Waals surface area (Å²) in [5, 5.41) is 7.01. The van der Waals surface area contributed by atoms with Crippen LogP contribution in [-0.2, 0) is 9.53 Å². The summed E-state index contributed by atoms with van der Waals surface area (Å²) in [7, 11) is 0. The number of hydrogen-bond donors (Lipinski definition) is 2. The second-order valence-electron chi connectivity index (χ2n) is 6.09. The zero-order valence-electron chi connectivity index (χ0n) is 13.1. The smallest absolute Gasteiger partial charge is 0.230 e. The van der Waals surface area contributed by atoms with Crippen LogP contribution in [0.1, 0.15) is 51.4 Å². The monoisotopic (exact) mass is 314 g/mol. The van der Waals surface area contributed by atoms with E-state index in [4.69, 9.17) is 4.74 Å². The maximum atomic E-state index is 11.8. The van der Waals surface area contributed by atoms with Crippen LogP contribution in [0.25, 0.3) is 0 Å². The molecule has 0 unspecified atom stereocenters. The maximum Gasteiger partial charge on any atom is 0.230 e. The summed E-state index contributed by atoms with van der Waals surface area (Å²) >= 11 is 1.81. The fourth-order valence-corrected chi connectivity index (χ4v) is 4.05. The predicted octanol–water partition coefficient (Wildman–Crippen LogP) is 2.33. The van der Waals surface area contributed by atoms with Crippen LogP contribution in [-0.4, -0.2) is 49.3 Å². The first kappa shape index (κ1) is 17.1. The summed E-state index contributed by atoms with van der Waals surface area (Å²) in [4.78, 5) is 11.8. The number of ether oxygens (including phenoxy) is 1. The molecule has 2 rings (SSSR count). The number of piperidine rings is 1. The molecule has 0 aromatic rings. The van der Waals surface area contributed by atoms with Gasteiger partial charge >= 0.3 is 0 Å². The largest absolute Gasteiger partial charge is 0.378 e. The van der Waals surface area contributed by atoms with E-state index >= 15 is 0 Å². The summed E-state index contributed by atoms with van der Waals surface area (Å²) in [6, 6.07) is 0. The number of rotatable bonds is 8. The van der Waals surface area contributed by atoms with Gasteiger partial charge in [0, 0.05) is 18.4 Å². The van der Waals surface area contributed by atoms with Crippen LogP contribution >= 0.6 is 11.8 Å². The van der Waals surface area contributed by atoms with Gasteiger partial charge in [-0.1, -0.05) is 19.3 Å². The average Bonchev–Trinajstić information content (AvgIpc) is 2.54. The van der Waals surface area contributed by atoms with Crippen LogP contribution in [0.15, 0.2) is 0 Å². The second-order valence-corrected chi connectivity index (χ2v) is 7.38. The molecule has 0 aromatic carbocycles. The van der Waals surface area contributed by atoms with E-state index in [1.165, 1.54) is 44.9 Å². The summed E-state index contributed by atoms with van der Waals surface area (Å²) in [5.74, 6) is 0.782. The van der Waals surface area contributed by atoms with Crippen molar-refractivity contribution in [1.29, 1.82) is 0 Å². The highest BCUT2D eigenvalue weighted by Crippen LogP contribution is 2.20. The lowest BCUT2D eigenvalue weighted by molar-refractivity contribution is -0.118. The highest BCUT2D eigenvalue weighted by atomic mass is 32.2. The summed E-state index contributed by atoms with van der Waals surface area (Å²) in [6.07, 6.45) is 10.2. The molecule has 1 amide bonds. The Morgan fingerprint density at radius 3 is 2.67 bits per heavy atom. The quantitative estimate of drug-likeness (QED) is 0.675. The van der Waals surface area contributed by atoms with Crippen LogP contribution in [0, 0.1) is 0 Å². The van der Waals surface area contributed by atoms with E-state index in [1.54, 1.807) is 0 Å². The van der Waals surface area contributed by atoms with E-state index in [2.05, 4.69) is 10.6 Å². The van der Waals surface area contributed by atoms with Gasteiger partial charge in [0.15, 0.2) is 0 Å². The molecule has 4 nitrogen and oxygen atoms in total. The lowest BCUT2D eigenvalue weighted by Crippen LogP contribution is -2.32. The first-order chi connectivity index (χ1) is 10.3. The number of hydrogen-bond acceptors (Lipinski definition) is 4. The molecule has 0 atom stereocenters. The first-order valence-corrected chi connectivity index (χ1v) is 9.60. The van der Waals surface area contributed by atoms with Gasteiger partial charge in [0.25, 0.3) is 0 Å². The molecule has 2 N–H and O–H groups in total. The van der Waals surface area contributed by atoms with E-state index in [1.807, 2.05) is 11.8 Å². The highest BCUT2D eigenvalue weighted by Gasteiger charge is 2.15. The number of carbonyl (C=O) groups is 1. The van der Waals surface area contributed by atoms with Crippen molar-refractivity contribution in [1.82, 2.24) is 10.6 Å². The molecule has 0 radical (unpaired) electrons. The molecular weight excluding hydrogens is 284 g/mol. The number of carbonyl (C=O) groups excluding carboxylic acids is 1. The van der Waals surface area contributed by atoms with E-state index in [0.717, 1.165) is 32.7 Å². The third kappa shape index (κ3) is 7.52. The Kier molecular flexibility index (Phi) is 8.52. The van der Waals surface area contributed by atoms with Crippen molar-refractivity contribution in [2.24, 2.45) is 0 Å². The molecule has 1 heterocycles. The SMILES string of the molecule is O=C(CSC1CCNCC1)NCCCOC1CCCCC1. The molecule has 21 heavy (non-hydrogen) atoms. The second kappa shape index (κ2) is 10.5. The lowest BCUT2D eigenvalue weighted by atomic mass is 9.98. The Morgan fingerprint density at radius 2 is 1.90 bits per heavy atom. The molecule has 122 valence electrons. The Bertz CT molecular complexity index is 290. The van der Waals surface area contributed by atoms with Crippen molar-refractivity contribution in [3.63, 3.8) is 0 Å². The minimum atomic E-state index is 0.177. The van der Waals surface area contributed by atoms with E-state index in [9.17, 15) is 4.79 Å². The molecule has 2 aliphatic rings. The topological polar surface area (TPSA) is 50.4 Å². The van der Waals surface area contributed by atoms with E-state index < -0.39 is 0 Å². The normalized spacial score (nSPS) is 21.3. The Morgan fingerprint density at radius 1 is 1.14 bits per heavy atom. The van der Waals surface area contributed by atoms with Crippen molar-refractivity contribution in [2.45, 2.75) is 62.7 Å². The Labute approximate surface area is 133 Å². The lowest BCUT2D eigenvalue weighted by Gasteiger charge is -2.22. The molecule has 0 bridgehead atoms. The number of thioether (sulfide) groups is 1. The maximum absolute atomic E-state index is 11.8. The molecule has 0 aromatic heterocycles. The minimum absolute atomic E-state index is 0.177. The molecule has 5 heteroatoms. The van der Waals surface area contributed by atoms with Crippen molar-refractivity contribution in [3.05, 3.63) is 0 Å². The van der Waals surface area contributed by atoms with Gasteiger partial charge in [0.05, 0.1) is 11.9 Å². The number of nitrogens with one attached hydrogen (secondary N) is 2. The summed E-state index contributed by atoms with van der Waals surface area (Å²) < 4.78 is 5.86. The molecule has 1 aliphatic carbocycles. The van der Waals surface area contributed by atoms with Crippen LogP contribution < -0.4 is 10.6 Å². The molecular formula is C16H30N2O2S. The van der Waals surface area contributed by atoms with Gasteiger partial charge in [-0.15, -0.1) is 11.8 Å². The molecule has 0 spiro atoms. The molecule has 1 saturated heterocycles. The zero-order chi connectivity index (χ0) is 14.8. The van der Waals surface area contributed by atoms with Crippen LogP contribution in [0.5, 0.6) is 0 Å². The summed E-state index contributed by atoms with van der Waals surface area (Å²) in [5.41, 5.74) is 0. The van der Waals surface area contributed by atoms with E-state index in [0.29, 0.717) is 17.1 Å². The van der Waals surface area contributed by atoms with Gasteiger partial charge in [-0.25, -0.2) is 0 Å². The number of amides is 1. The van der Waals surface area contributed by atoms with Crippen molar-refractivity contribution >= 4 is 17.7 Å². The van der Waals surface area contributed by atoms with Crippen molar-refractivity contribution in [2.75, 3.05) is 32.0 Å². The summed E-state index contributed by atoms with van der Waals surface area (Å²) in [6.45, 7) is 3.72. The van der Waals surface area contributed by atoms with Crippen LogP contribution in [0.3, 0.4) is 0 Å². The standard InChI is InChI=1S/C16H30N2O2S/c19-16(13-21-15-7-10-17-11-8-15)18-9-4-12-20-14-5-2-1-3-6-14/h14-15,17H,1-13H2,(H,18,19). The van der Waals surface area contributed by atoms with Gasteiger partial charge in [0.2, 0.25) is 5.91 Å².